The number of likely N-dealkylation sites (tertiary alicyclic amines) is 1. The summed E-state index contributed by atoms with van der Waals surface area (Å²) in [4.78, 5) is 27.2. The molecule has 1 N–H and O–H groups in total. The highest BCUT2D eigenvalue weighted by Gasteiger charge is 2.51. The van der Waals surface area contributed by atoms with Gasteiger partial charge in [-0.2, -0.15) is 0 Å². The Labute approximate surface area is 143 Å². The Morgan fingerprint density at radius 2 is 2.08 bits per heavy atom. The van der Waals surface area contributed by atoms with Crippen molar-refractivity contribution in [2.45, 2.75) is 25.7 Å². The molecule has 24 heavy (non-hydrogen) atoms. The molecule has 1 aromatic rings. The SMILES string of the molecule is COCCNC(=O)[C@@H]1CCC[C@]12CCN(C(=O)c1ccccc1)C2. The minimum atomic E-state index is -0.0401. The van der Waals surface area contributed by atoms with Crippen LogP contribution in [0.2, 0.25) is 0 Å². The number of carbonyl (C=O) groups is 2. The van der Waals surface area contributed by atoms with E-state index in [2.05, 4.69) is 5.32 Å². The molecule has 2 amide bonds. The highest BCUT2D eigenvalue weighted by atomic mass is 16.5. The van der Waals surface area contributed by atoms with Crippen molar-refractivity contribution in [3.8, 4) is 0 Å². The minimum absolute atomic E-state index is 0.0166. The lowest BCUT2D eigenvalue weighted by molar-refractivity contribution is -0.128. The number of nitrogens with one attached hydrogen (secondary N) is 1. The molecule has 130 valence electrons. The summed E-state index contributed by atoms with van der Waals surface area (Å²) in [6, 6.07) is 9.41. The molecule has 1 saturated carbocycles. The molecule has 1 aliphatic heterocycles. The van der Waals surface area contributed by atoms with Gasteiger partial charge >= 0.3 is 0 Å². The maximum atomic E-state index is 12.7. The Balaban J connectivity index is 1.66. The first-order valence-corrected chi connectivity index (χ1v) is 8.77. The van der Waals surface area contributed by atoms with Gasteiger partial charge < -0.3 is 15.0 Å². The molecule has 2 fully saturated rings. The number of hydrogen-bond donors (Lipinski definition) is 1. The Morgan fingerprint density at radius 3 is 2.83 bits per heavy atom. The Morgan fingerprint density at radius 1 is 1.29 bits per heavy atom. The zero-order chi connectivity index (χ0) is 17.0. The number of nitrogens with zero attached hydrogens (tertiary/aromatic N) is 1. The third-order valence-corrected chi connectivity index (χ3v) is 5.52. The summed E-state index contributed by atoms with van der Waals surface area (Å²) in [5.74, 6) is 0.222. The monoisotopic (exact) mass is 330 g/mol. The van der Waals surface area contributed by atoms with E-state index in [0.717, 1.165) is 37.8 Å². The van der Waals surface area contributed by atoms with Crippen LogP contribution >= 0.6 is 0 Å². The highest BCUT2D eigenvalue weighted by molar-refractivity contribution is 5.94. The van der Waals surface area contributed by atoms with Gasteiger partial charge in [0.15, 0.2) is 0 Å². The molecule has 0 aromatic heterocycles. The Kier molecular flexibility index (Phi) is 5.19. The molecule has 0 radical (unpaired) electrons. The molecule has 1 saturated heterocycles. The maximum Gasteiger partial charge on any atom is 0.253 e. The van der Waals surface area contributed by atoms with Crippen LogP contribution in [-0.2, 0) is 9.53 Å². The standard InChI is InChI=1S/C19H26N2O3/c1-24-13-11-20-17(22)16-8-5-9-19(16)10-12-21(14-19)18(23)15-6-3-2-4-7-15/h2-4,6-7,16H,5,8-14H2,1H3,(H,20,22)/t16-,19+/m0/s1. The van der Waals surface area contributed by atoms with E-state index in [-0.39, 0.29) is 23.1 Å². The average Bonchev–Trinajstić information content (AvgIpc) is 3.23. The third-order valence-electron chi connectivity index (χ3n) is 5.52. The van der Waals surface area contributed by atoms with E-state index < -0.39 is 0 Å². The number of amides is 2. The van der Waals surface area contributed by atoms with Crippen molar-refractivity contribution in [2.75, 3.05) is 33.4 Å². The predicted molar refractivity (Wildman–Crippen MR) is 91.6 cm³/mol. The fourth-order valence-electron chi connectivity index (χ4n) is 4.27. The zero-order valence-corrected chi connectivity index (χ0v) is 14.3. The number of rotatable bonds is 5. The van der Waals surface area contributed by atoms with Crippen LogP contribution in [0.5, 0.6) is 0 Å². The van der Waals surface area contributed by atoms with Crippen LogP contribution in [0, 0.1) is 11.3 Å². The van der Waals surface area contributed by atoms with Crippen LogP contribution in [0.15, 0.2) is 30.3 Å². The van der Waals surface area contributed by atoms with Gasteiger partial charge in [0.2, 0.25) is 5.91 Å². The zero-order valence-electron chi connectivity index (χ0n) is 14.3. The molecule has 5 heteroatoms. The van der Waals surface area contributed by atoms with Crippen molar-refractivity contribution in [1.82, 2.24) is 10.2 Å². The second kappa shape index (κ2) is 7.34. The predicted octanol–water partition coefficient (Wildman–Crippen LogP) is 2.08. The summed E-state index contributed by atoms with van der Waals surface area (Å²) in [5.41, 5.74) is 0.690. The molecule has 3 rings (SSSR count). The second-order valence-corrected chi connectivity index (χ2v) is 6.93. The van der Waals surface area contributed by atoms with Gasteiger partial charge in [-0.25, -0.2) is 0 Å². The summed E-state index contributed by atoms with van der Waals surface area (Å²) in [6.45, 7) is 2.53. The number of benzene rings is 1. The van der Waals surface area contributed by atoms with E-state index in [1.54, 1.807) is 7.11 Å². The van der Waals surface area contributed by atoms with Gasteiger partial charge in [0.25, 0.3) is 5.91 Å². The van der Waals surface area contributed by atoms with Gasteiger partial charge in [-0.1, -0.05) is 24.6 Å². The van der Waals surface area contributed by atoms with Gasteiger partial charge in [0.05, 0.1) is 6.61 Å². The first kappa shape index (κ1) is 17.0. The normalized spacial score (nSPS) is 26.0. The first-order valence-electron chi connectivity index (χ1n) is 8.77. The Bertz CT molecular complexity index is 590. The molecule has 2 aliphatic rings. The average molecular weight is 330 g/mol. The van der Waals surface area contributed by atoms with Crippen molar-refractivity contribution in [1.29, 1.82) is 0 Å². The molecule has 2 atom stereocenters. The van der Waals surface area contributed by atoms with E-state index in [1.165, 1.54) is 0 Å². The molecule has 1 aliphatic carbocycles. The summed E-state index contributed by atoms with van der Waals surface area (Å²) in [5, 5.41) is 2.99. The summed E-state index contributed by atoms with van der Waals surface area (Å²) < 4.78 is 5.00. The molecular formula is C19H26N2O3. The fourth-order valence-corrected chi connectivity index (χ4v) is 4.27. The molecule has 0 unspecified atom stereocenters. The van der Waals surface area contributed by atoms with Gasteiger partial charge in [-0.05, 0) is 31.4 Å². The van der Waals surface area contributed by atoms with Crippen molar-refractivity contribution in [3.05, 3.63) is 35.9 Å². The van der Waals surface area contributed by atoms with Crippen LogP contribution in [0.3, 0.4) is 0 Å². The van der Waals surface area contributed by atoms with Crippen LogP contribution in [0.25, 0.3) is 0 Å². The third kappa shape index (κ3) is 3.31. The van der Waals surface area contributed by atoms with Gasteiger partial charge in [-0.15, -0.1) is 0 Å². The maximum absolute atomic E-state index is 12.7. The largest absolute Gasteiger partial charge is 0.383 e. The number of ether oxygens (including phenoxy) is 1. The summed E-state index contributed by atoms with van der Waals surface area (Å²) >= 11 is 0. The van der Waals surface area contributed by atoms with E-state index in [1.807, 2.05) is 35.2 Å². The quantitative estimate of drug-likeness (QED) is 0.841. The smallest absolute Gasteiger partial charge is 0.253 e. The lowest BCUT2D eigenvalue weighted by Crippen LogP contribution is -2.42. The van der Waals surface area contributed by atoms with Crippen molar-refractivity contribution >= 4 is 11.8 Å². The molecule has 0 bridgehead atoms. The minimum Gasteiger partial charge on any atom is -0.383 e. The number of hydrogen-bond acceptors (Lipinski definition) is 3. The van der Waals surface area contributed by atoms with Crippen LogP contribution in [-0.4, -0.2) is 50.1 Å². The second-order valence-electron chi connectivity index (χ2n) is 6.93. The number of carbonyl (C=O) groups excluding carboxylic acids is 2. The topological polar surface area (TPSA) is 58.6 Å². The van der Waals surface area contributed by atoms with E-state index in [4.69, 9.17) is 4.74 Å². The Hall–Kier alpha value is -1.88. The summed E-state index contributed by atoms with van der Waals surface area (Å²) in [6.07, 6.45) is 3.95. The first-order chi connectivity index (χ1) is 11.7. The fraction of sp³-hybridized carbons (Fsp3) is 0.579. The van der Waals surface area contributed by atoms with Crippen LogP contribution < -0.4 is 5.32 Å². The lowest BCUT2D eigenvalue weighted by Gasteiger charge is -2.30. The van der Waals surface area contributed by atoms with Gasteiger partial charge in [0, 0.05) is 43.6 Å². The molecule has 1 aromatic carbocycles. The highest BCUT2D eigenvalue weighted by Crippen LogP contribution is 2.50. The van der Waals surface area contributed by atoms with Gasteiger partial charge in [-0.3, -0.25) is 9.59 Å². The van der Waals surface area contributed by atoms with E-state index >= 15 is 0 Å². The summed E-state index contributed by atoms with van der Waals surface area (Å²) in [7, 11) is 1.63. The molecular weight excluding hydrogens is 304 g/mol. The number of methoxy groups -OCH3 is 1. The molecule has 1 heterocycles. The molecule has 5 nitrogen and oxygen atoms in total. The van der Waals surface area contributed by atoms with Crippen molar-refractivity contribution < 1.29 is 14.3 Å². The van der Waals surface area contributed by atoms with Crippen LogP contribution in [0.4, 0.5) is 0 Å². The van der Waals surface area contributed by atoms with E-state index in [9.17, 15) is 9.59 Å². The molecule has 1 spiro atoms. The lowest BCUT2D eigenvalue weighted by atomic mass is 9.76. The van der Waals surface area contributed by atoms with Gasteiger partial charge in [0.1, 0.15) is 0 Å². The van der Waals surface area contributed by atoms with Crippen LogP contribution in [0.1, 0.15) is 36.0 Å². The van der Waals surface area contributed by atoms with Crippen molar-refractivity contribution in [2.24, 2.45) is 11.3 Å². The van der Waals surface area contributed by atoms with E-state index in [0.29, 0.717) is 19.7 Å². The van der Waals surface area contributed by atoms with Crippen molar-refractivity contribution in [3.63, 3.8) is 0 Å².